The van der Waals surface area contributed by atoms with Crippen molar-refractivity contribution in [3.8, 4) is 0 Å². The normalized spacial score (nSPS) is 30.2. The van der Waals surface area contributed by atoms with Gasteiger partial charge in [0, 0.05) is 0 Å². The molecule has 3 rings (SSSR count). The molecule has 1 aromatic carbocycles. The molecule has 0 spiro atoms. The van der Waals surface area contributed by atoms with E-state index in [0.717, 1.165) is 17.8 Å². The number of piperidine rings is 1. The second-order valence-electron chi connectivity index (χ2n) is 5.44. The second-order valence-corrected chi connectivity index (χ2v) is 5.44. The quantitative estimate of drug-likeness (QED) is 0.817. The lowest BCUT2D eigenvalue weighted by Gasteiger charge is -2.32. The molecule has 1 heteroatoms. The van der Waals surface area contributed by atoms with Crippen molar-refractivity contribution < 1.29 is 0 Å². The smallest absolute Gasteiger partial charge is 0.00146 e. The maximum atomic E-state index is 3.57. The molecule has 1 nitrogen and oxygen atoms in total. The predicted molar refractivity (Wildman–Crippen MR) is 67.3 cm³/mol. The number of benzene rings is 1. The lowest BCUT2D eigenvalue weighted by atomic mass is 9.79. The third-order valence-electron chi connectivity index (χ3n) is 4.23. The molecule has 0 aromatic heterocycles. The van der Waals surface area contributed by atoms with Gasteiger partial charge >= 0.3 is 0 Å². The van der Waals surface area contributed by atoms with Crippen LogP contribution in [0.5, 0.6) is 0 Å². The molecule has 1 aliphatic carbocycles. The predicted octanol–water partition coefficient (Wildman–Crippen LogP) is 2.86. The molecule has 0 amide bonds. The van der Waals surface area contributed by atoms with Crippen LogP contribution < -0.4 is 5.32 Å². The largest absolute Gasteiger partial charge is 0.316 e. The fourth-order valence-electron chi connectivity index (χ4n) is 3.23. The van der Waals surface area contributed by atoms with Gasteiger partial charge in [-0.2, -0.15) is 0 Å². The summed E-state index contributed by atoms with van der Waals surface area (Å²) in [5.41, 5.74) is 1.52. The van der Waals surface area contributed by atoms with Crippen molar-refractivity contribution in [2.75, 3.05) is 13.1 Å². The summed E-state index contributed by atoms with van der Waals surface area (Å²) in [5.74, 6) is 2.95. The molecule has 2 aliphatic rings. The first-order valence-corrected chi connectivity index (χ1v) is 6.68. The highest BCUT2D eigenvalue weighted by Gasteiger charge is 2.37. The Kier molecular flexibility index (Phi) is 2.96. The molecule has 16 heavy (non-hydrogen) atoms. The highest BCUT2D eigenvalue weighted by Crippen LogP contribution is 2.43. The van der Waals surface area contributed by atoms with Gasteiger partial charge in [-0.25, -0.2) is 0 Å². The van der Waals surface area contributed by atoms with Crippen LogP contribution in [0.4, 0.5) is 0 Å². The number of hydrogen-bond acceptors (Lipinski definition) is 1. The zero-order valence-corrected chi connectivity index (χ0v) is 9.86. The third kappa shape index (κ3) is 2.30. The molecule has 1 saturated carbocycles. The van der Waals surface area contributed by atoms with Crippen molar-refractivity contribution in [3.63, 3.8) is 0 Å². The standard InChI is InChI=1S/C15H21N/c1-2-4-12(5-3-1)10-14-11-16-9-8-15(14)13-6-7-13/h1-5,13-16H,6-11H2. The van der Waals surface area contributed by atoms with Gasteiger partial charge in [0.25, 0.3) is 0 Å². The zero-order chi connectivity index (χ0) is 10.8. The second kappa shape index (κ2) is 4.58. The van der Waals surface area contributed by atoms with Gasteiger partial charge in [0.2, 0.25) is 0 Å². The van der Waals surface area contributed by atoms with Gasteiger partial charge in [-0.3, -0.25) is 0 Å². The summed E-state index contributed by atoms with van der Waals surface area (Å²) in [5, 5.41) is 3.57. The Morgan fingerprint density at radius 1 is 1.06 bits per heavy atom. The third-order valence-corrected chi connectivity index (χ3v) is 4.23. The van der Waals surface area contributed by atoms with Crippen molar-refractivity contribution in [1.29, 1.82) is 0 Å². The first-order valence-electron chi connectivity index (χ1n) is 6.68. The van der Waals surface area contributed by atoms with Gasteiger partial charge < -0.3 is 5.32 Å². The fourth-order valence-corrected chi connectivity index (χ4v) is 3.23. The molecule has 1 saturated heterocycles. The van der Waals surface area contributed by atoms with Crippen LogP contribution in [0, 0.1) is 17.8 Å². The van der Waals surface area contributed by atoms with E-state index in [-0.39, 0.29) is 0 Å². The summed E-state index contributed by atoms with van der Waals surface area (Å²) in [4.78, 5) is 0. The van der Waals surface area contributed by atoms with Crippen LogP contribution >= 0.6 is 0 Å². The van der Waals surface area contributed by atoms with E-state index < -0.39 is 0 Å². The van der Waals surface area contributed by atoms with Gasteiger partial charge in [0.15, 0.2) is 0 Å². The maximum absolute atomic E-state index is 3.57. The van der Waals surface area contributed by atoms with E-state index in [1.807, 2.05) is 0 Å². The molecule has 1 N–H and O–H groups in total. The van der Waals surface area contributed by atoms with E-state index >= 15 is 0 Å². The topological polar surface area (TPSA) is 12.0 Å². The van der Waals surface area contributed by atoms with Crippen molar-refractivity contribution in [1.82, 2.24) is 5.32 Å². The average Bonchev–Trinajstić information content (AvgIpc) is 3.15. The van der Waals surface area contributed by atoms with Crippen LogP contribution in [0.3, 0.4) is 0 Å². The highest BCUT2D eigenvalue weighted by molar-refractivity contribution is 5.16. The minimum absolute atomic E-state index is 0.878. The van der Waals surface area contributed by atoms with E-state index in [2.05, 4.69) is 35.6 Å². The van der Waals surface area contributed by atoms with Gasteiger partial charge in [-0.1, -0.05) is 30.3 Å². The van der Waals surface area contributed by atoms with Crippen molar-refractivity contribution in [3.05, 3.63) is 35.9 Å². The van der Waals surface area contributed by atoms with Crippen molar-refractivity contribution in [2.24, 2.45) is 17.8 Å². The van der Waals surface area contributed by atoms with Crippen LogP contribution in [0.25, 0.3) is 0 Å². The zero-order valence-electron chi connectivity index (χ0n) is 9.86. The van der Waals surface area contributed by atoms with Crippen LogP contribution in [-0.4, -0.2) is 13.1 Å². The lowest BCUT2D eigenvalue weighted by Crippen LogP contribution is -2.38. The molecule has 1 heterocycles. The minimum Gasteiger partial charge on any atom is -0.316 e. The monoisotopic (exact) mass is 215 g/mol. The number of hydrogen-bond donors (Lipinski definition) is 1. The highest BCUT2D eigenvalue weighted by atomic mass is 14.9. The van der Waals surface area contributed by atoms with Crippen molar-refractivity contribution >= 4 is 0 Å². The Hall–Kier alpha value is -0.820. The average molecular weight is 215 g/mol. The van der Waals surface area contributed by atoms with E-state index in [1.54, 1.807) is 0 Å². The fraction of sp³-hybridized carbons (Fsp3) is 0.600. The summed E-state index contributed by atoms with van der Waals surface area (Å²) in [6.45, 7) is 2.47. The van der Waals surface area contributed by atoms with Crippen LogP contribution in [-0.2, 0) is 6.42 Å². The Morgan fingerprint density at radius 3 is 2.62 bits per heavy atom. The van der Waals surface area contributed by atoms with Gasteiger partial charge in [0.05, 0.1) is 0 Å². The molecular weight excluding hydrogens is 194 g/mol. The molecule has 1 aliphatic heterocycles. The van der Waals surface area contributed by atoms with Gasteiger partial charge in [0.1, 0.15) is 0 Å². The lowest BCUT2D eigenvalue weighted by molar-refractivity contribution is 0.225. The number of rotatable bonds is 3. The maximum Gasteiger partial charge on any atom is -0.00146 e. The number of nitrogens with one attached hydrogen (secondary N) is 1. The SMILES string of the molecule is c1ccc(CC2CNCCC2C2CC2)cc1. The molecule has 0 bridgehead atoms. The summed E-state index contributed by atoms with van der Waals surface area (Å²) in [6.07, 6.45) is 5.67. The van der Waals surface area contributed by atoms with Gasteiger partial charge in [-0.15, -0.1) is 0 Å². The first kappa shape index (κ1) is 10.3. The van der Waals surface area contributed by atoms with E-state index in [1.165, 1.54) is 44.3 Å². The van der Waals surface area contributed by atoms with E-state index in [4.69, 9.17) is 0 Å². The molecule has 2 atom stereocenters. The molecule has 86 valence electrons. The Morgan fingerprint density at radius 2 is 1.88 bits per heavy atom. The Balaban J connectivity index is 1.67. The van der Waals surface area contributed by atoms with Crippen molar-refractivity contribution in [2.45, 2.75) is 25.7 Å². The first-order chi connectivity index (χ1) is 7.93. The van der Waals surface area contributed by atoms with Gasteiger partial charge in [-0.05, 0) is 62.1 Å². The Bertz CT molecular complexity index is 329. The Labute approximate surface area is 98.3 Å². The van der Waals surface area contributed by atoms with Crippen LogP contribution in [0.1, 0.15) is 24.8 Å². The van der Waals surface area contributed by atoms with E-state index in [9.17, 15) is 0 Å². The van der Waals surface area contributed by atoms with Crippen LogP contribution in [0.2, 0.25) is 0 Å². The molecule has 2 unspecified atom stereocenters. The molecule has 0 radical (unpaired) electrons. The van der Waals surface area contributed by atoms with Crippen LogP contribution in [0.15, 0.2) is 30.3 Å². The summed E-state index contributed by atoms with van der Waals surface area (Å²) in [6, 6.07) is 11.0. The minimum atomic E-state index is 0.878. The summed E-state index contributed by atoms with van der Waals surface area (Å²) >= 11 is 0. The molecule has 1 aromatic rings. The summed E-state index contributed by atoms with van der Waals surface area (Å²) in [7, 11) is 0. The summed E-state index contributed by atoms with van der Waals surface area (Å²) < 4.78 is 0. The molecule has 2 fully saturated rings. The molecular formula is C15H21N. The van der Waals surface area contributed by atoms with E-state index in [0.29, 0.717) is 0 Å².